The van der Waals surface area contributed by atoms with Gasteiger partial charge < -0.3 is 9.15 Å². The number of benzene rings is 1. The van der Waals surface area contributed by atoms with Crippen molar-refractivity contribution >= 4 is 17.6 Å². The predicted molar refractivity (Wildman–Crippen MR) is 76.9 cm³/mol. The van der Waals surface area contributed by atoms with Gasteiger partial charge in [0.15, 0.2) is 5.69 Å². The summed E-state index contributed by atoms with van der Waals surface area (Å²) in [6.07, 6.45) is 2.61. The van der Waals surface area contributed by atoms with E-state index < -0.39 is 5.97 Å². The molecule has 20 heavy (non-hydrogen) atoms. The number of esters is 1. The molecule has 2 rings (SSSR count). The summed E-state index contributed by atoms with van der Waals surface area (Å²) in [4.78, 5) is 16.0. The maximum atomic E-state index is 11.7. The summed E-state index contributed by atoms with van der Waals surface area (Å²) in [5.74, 6) is 0.511. The molecule has 0 aliphatic heterocycles. The molecule has 0 saturated heterocycles. The maximum absolute atomic E-state index is 11.7. The van der Waals surface area contributed by atoms with E-state index in [0.717, 1.165) is 18.4 Å². The van der Waals surface area contributed by atoms with Crippen LogP contribution in [-0.2, 0) is 11.2 Å². The Morgan fingerprint density at radius 3 is 2.65 bits per heavy atom. The van der Waals surface area contributed by atoms with Crippen molar-refractivity contribution < 1.29 is 13.9 Å². The number of aromatic nitrogens is 1. The van der Waals surface area contributed by atoms with E-state index in [9.17, 15) is 4.79 Å². The molecule has 2 aromatic rings. The zero-order chi connectivity index (χ0) is 14.5. The SMILES string of the molecule is CCCCc1oc(-c2ccc(Cl)cc2)nc1C(=O)OC. The standard InChI is InChI=1S/C15H16ClNO3/c1-3-4-5-12-13(15(18)19-2)17-14(20-12)10-6-8-11(16)9-7-10/h6-9H,3-5H2,1-2H3. The Labute approximate surface area is 122 Å². The molecule has 106 valence electrons. The van der Waals surface area contributed by atoms with Gasteiger partial charge in [-0.05, 0) is 30.7 Å². The minimum atomic E-state index is -0.472. The number of carbonyl (C=O) groups excluding carboxylic acids is 1. The number of ether oxygens (including phenoxy) is 1. The molecular weight excluding hydrogens is 278 g/mol. The molecule has 0 aliphatic rings. The molecule has 1 heterocycles. The molecule has 0 unspecified atom stereocenters. The number of hydrogen-bond acceptors (Lipinski definition) is 4. The normalized spacial score (nSPS) is 10.6. The number of oxazole rings is 1. The fraction of sp³-hybridized carbons (Fsp3) is 0.333. The van der Waals surface area contributed by atoms with Crippen LogP contribution >= 0.6 is 11.6 Å². The van der Waals surface area contributed by atoms with Gasteiger partial charge in [-0.15, -0.1) is 0 Å². The van der Waals surface area contributed by atoms with E-state index in [-0.39, 0.29) is 5.69 Å². The van der Waals surface area contributed by atoms with Gasteiger partial charge in [-0.2, -0.15) is 0 Å². The third kappa shape index (κ3) is 3.20. The summed E-state index contributed by atoms with van der Waals surface area (Å²) in [6.45, 7) is 2.08. The van der Waals surface area contributed by atoms with Crippen molar-refractivity contribution in [2.75, 3.05) is 7.11 Å². The van der Waals surface area contributed by atoms with Crippen molar-refractivity contribution in [3.8, 4) is 11.5 Å². The maximum Gasteiger partial charge on any atom is 0.360 e. The average molecular weight is 294 g/mol. The van der Waals surface area contributed by atoms with Gasteiger partial charge in [0.1, 0.15) is 5.76 Å². The molecule has 0 fully saturated rings. The molecular formula is C15H16ClNO3. The summed E-state index contributed by atoms with van der Waals surface area (Å²) >= 11 is 5.85. The summed E-state index contributed by atoms with van der Waals surface area (Å²) in [7, 11) is 1.34. The summed E-state index contributed by atoms with van der Waals surface area (Å²) < 4.78 is 10.5. The van der Waals surface area contributed by atoms with E-state index >= 15 is 0 Å². The fourth-order valence-electron chi connectivity index (χ4n) is 1.83. The van der Waals surface area contributed by atoms with Gasteiger partial charge in [-0.25, -0.2) is 9.78 Å². The molecule has 5 heteroatoms. The monoisotopic (exact) mass is 293 g/mol. The first-order valence-corrected chi connectivity index (χ1v) is 6.87. The van der Waals surface area contributed by atoms with Crippen molar-refractivity contribution in [1.82, 2.24) is 4.98 Å². The number of methoxy groups -OCH3 is 1. The highest BCUT2D eigenvalue weighted by Gasteiger charge is 2.20. The van der Waals surface area contributed by atoms with Crippen molar-refractivity contribution in [1.29, 1.82) is 0 Å². The van der Waals surface area contributed by atoms with Crippen LogP contribution in [0.2, 0.25) is 5.02 Å². The Hall–Kier alpha value is -1.81. The number of carbonyl (C=O) groups is 1. The lowest BCUT2D eigenvalue weighted by Gasteiger charge is -1.97. The van der Waals surface area contributed by atoms with Crippen LogP contribution in [0.3, 0.4) is 0 Å². The van der Waals surface area contributed by atoms with Crippen molar-refractivity contribution in [3.63, 3.8) is 0 Å². The van der Waals surface area contributed by atoms with E-state index in [1.54, 1.807) is 24.3 Å². The predicted octanol–water partition coefficient (Wildman–Crippen LogP) is 4.12. The molecule has 0 bridgehead atoms. The second kappa shape index (κ2) is 6.57. The van der Waals surface area contributed by atoms with E-state index in [0.29, 0.717) is 23.1 Å². The van der Waals surface area contributed by atoms with Gasteiger partial charge in [0.2, 0.25) is 5.89 Å². The van der Waals surface area contributed by atoms with E-state index in [2.05, 4.69) is 11.9 Å². The van der Waals surface area contributed by atoms with Gasteiger partial charge in [-0.1, -0.05) is 24.9 Å². The lowest BCUT2D eigenvalue weighted by atomic mass is 10.2. The largest absolute Gasteiger partial charge is 0.464 e. The third-order valence-electron chi connectivity index (χ3n) is 2.92. The minimum Gasteiger partial charge on any atom is -0.464 e. The Kier molecular flexibility index (Phi) is 4.79. The van der Waals surface area contributed by atoms with Crippen LogP contribution in [0.25, 0.3) is 11.5 Å². The molecule has 0 spiro atoms. The van der Waals surface area contributed by atoms with E-state index in [1.807, 2.05) is 0 Å². The highest BCUT2D eigenvalue weighted by molar-refractivity contribution is 6.30. The smallest absolute Gasteiger partial charge is 0.360 e. The lowest BCUT2D eigenvalue weighted by Crippen LogP contribution is -2.05. The molecule has 0 atom stereocenters. The first-order valence-electron chi connectivity index (χ1n) is 6.49. The summed E-state index contributed by atoms with van der Waals surface area (Å²) in [5.41, 5.74) is 1.04. The quantitative estimate of drug-likeness (QED) is 0.778. The zero-order valence-electron chi connectivity index (χ0n) is 11.5. The van der Waals surface area contributed by atoms with E-state index in [1.165, 1.54) is 7.11 Å². The molecule has 0 amide bonds. The van der Waals surface area contributed by atoms with Crippen LogP contribution in [0.1, 0.15) is 36.0 Å². The second-order valence-corrected chi connectivity index (χ2v) is 4.83. The van der Waals surface area contributed by atoms with Crippen molar-refractivity contribution in [3.05, 3.63) is 40.7 Å². The number of halogens is 1. The van der Waals surface area contributed by atoms with Crippen LogP contribution < -0.4 is 0 Å². The molecule has 0 radical (unpaired) electrons. The van der Waals surface area contributed by atoms with Crippen molar-refractivity contribution in [2.24, 2.45) is 0 Å². The Balaban J connectivity index is 2.37. The minimum absolute atomic E-state index is 0.255. The van der Waals surface area contributed by atoms with Gasteiger partial charge in [-0.3, -0.25) is 0 Å². The average Bonchev–Trinajstić information content (AvgIpc) is 2.89. The molecule has 0 saturated carbocycles. The van der Waals surface area contributed by atoms with Crippen LogP contribution in [0.4, 0.5) is 0 Å². The van der Waals surface area contributed by atoms with Crippen LogP contribution in [0, 0.1) is 0 Å². The Bertz CT molecular complexity index is 590. The number of hydrogen-bond donors (Lipinski definition) is 0. The zero-order valence-corrected chi connectivity index (χ0v) is 12.2. The molecule has 4 nitrogen and oxygen atoms in total. The van der Waals surface area contributed by atoms with Gasteiger partial charge in [0.25, 0.3) is 0 Å². The highest BCUT2D eigenvalue weighted by atomic mass is 35.5. The van der Waals surface area contributed by atoms with Gasteiger partial charge in [0, 0.05) is 17.0 Å². The van der Waals surface area contributed by atoms with Crippen molar-refractivity contribution in [2.45, 2.75) is 26.2 Å². The summed E-state index contributed by atoms with van der Waals surface area (Å²) in [6, 6.07) is 7.12. The summed E-state index contributed by atoms with van der Waals surface area (Å²) in [5, 5.41) is 0.639. The fourth-order valence-corrected chi connectivity index (χ4v) is 1.96. The highest BCUT2D eigenvalue weighted by Crippen LogP contribution is 2.25. The Morgan fingerprint density at radius 1 is 1.35 bits per heavy atom. The van der Waals surface area contributed by atoms with Crippen LogP contribution in [0.5, 0.6) is 0 Å². The molecule has 0 N–H and O–H groups in total. The molecule has 0 aliphatic carbocycles. The second-order valence-electron chi connectivity index (χ2n) is 4.39. The third-order valence-corrected chi connectivity index (χ3v) is 3.18. The van der Waals surface area contributed by atoms with Crippen LogP contribution in [-0.4, -0.2) is 18.1 Å². The first-order chi connectivity index (χ1) is 9.65. The number of unbranched alkanes of at least 4 members (excludes halogenated alkanes) is 1. The molecule has 1 aromatic heterocycles. The lowest BCUT2D eigenvalue weighted by molar-refractivity contribution is 0.0592. The number of rotatable bonds is 5. The number of aryl methyl sites for hydroxylation is 1. The number of nitrogens with zero attached hydrogens (tertiary/aromatic N) is 1. The van der Waals surface area contributed by atoms with Gasteiger partial charge in [0.05, 0.1) is 7.11 Å². The first kappa shape index (κ1) is 14.6. The Morgan fingerprint density at radius 2 is 2.05 bits per heavy atom. The van der Waals surface area contributed by atoms with Gasteiger partial charge >= 0.3 is 5.97 Å². The van der Waals surface area contributed by atoms with Crippen LogP contribution in [0.15, 0.2) is 28.7 Å². The topological polar surface area (TPSA) is 52.3 Å². The molecule has 1 aromatic carbocycles. The van der Waals surface area contributed by atoms with E-state index in [4.69, 9.17) is 20.8 Å².